The highest BCUT2D eigenvalue weighted by molar-refractivity contribution is 7.99. The Morgan fingerprint density at radius 3 is 2.82 bits per heavy atom. The SMILES string of the molecule is CCCn1c(CN)nnc1SCCCCOC. The van der Waals surface area contributed by atoms with Gasteiger partial charge in [-0.15, -0.1) is 10.2 Å². The van der Waals surface area contributed by atoms with E-state index >= 15 is 0 Å². The monoisotopic (exact) mass is 258 g/mol. The number of thioether (sulfide) groups is 1. The van der Waals surface area contributed by atoms with Gasteiger partial charge in [0.05, 0.1) is 6.54 Å². The van der Waals surface area contributed by atoms with Gasteiger partial charge in [0.15, 0.2) is 5.16 Å². The highest BCUT2D eigenvalue weighted by Crippen LogP contribution is 2.18. The minimum atomic E-state index is 0.456. The highest BCUT2D eigenvalue weighted by Gasteiger charge is 2.09. The van der Waals surface area contributed by atoms with E-state index in [0.717, 1.165) is 49.1 Å². The number of hydrogen-bond donors (Lipinski definition) is 1. The summed E-state index contributed by atoms with van der Waals surface area (Å²) >= 11 is 1.75. The summed E-state index contributed by atoms with van der Waals surface area (Å²) in [5.41, 5.74) is 5.64. The van der Waals surface area contributed by atoms with Crippen LogP contribution in [-0.4, -0.2) is 34.2 Å². The number of nitrogens with zero attached hydrogens (tertiary/aromatic N) is 3. The molecule has 0 saturated heterocycles. The Bertz CT molecular complexity index is 316. The van der Waals surface area contributed by atoms with E-state index in [9.17, 15) is 0 Å². The maximum atomic E-state index is 5.64. The smallest absolute Gasteiger partial charge is 0.191 e. The molecule has 0 amide bonds. The predicted octanol–water partition coefficient (Wildman–Crippen LogP) is 1.67. The third-order valence-corrected chi connectivity index (χ3v) is 3.45. The molecular weight excluding hydrogens is 236 g/mol. The maximum Gasteiger partial charge on any atom is 0.191 e. The van der Waals surface area contributed by atoms with E-state index in [4.69, 9.17) is 10.5 Å². The van der Waals surface area contributed by atoms with Crippen molar-refractivity contribution in [3.63, 3.8) is 0 Å². The van der Waals surface area contributed by atoms with Crippen molar-refractivity contribution in [2.75, 3.05) is 19.5 Å². The molecular formula is C11H22N4OS. The number of hydrogen-bond acceptors (Lipinski definition) is 5. The standard InChI is InChI=1S/C11H22N4OS/c1-3-6-15-10(9-12)13-14-11(15)17-8-5-4-7-16-2/h3-9,12H2,1-2H3. The largest absolute Gasteiger partial charge is 0.385 e. The maximum absolute atomic E-state index is 5.64. The van der Waals surface area contributed by atoms with Gasteiger partial charge in [-0.25, -0.2) is 0 Å². The average molecular weight is 258 g/mol. The fourth-order valence-corrected chi connectivity index (χ4v) is 2.52. The molecule has 5 nitrogen and oxygen atoms in total. The number of methoxy groups -OCH3 is 1. The van der Waals surface area contributed by atoms with Crippen molar-refractivity contribution < 1.29 is 4.74 Å². The Balaban J connectivity index is 2.43. The topological polar surface area (TPSA) is 66.0 Å². The van der Waals surface area contributed by atoms with E-state index in [0.29, 0.717) is 6.54 Å². The zero-order chi connectivity index (χ0) is 12.5. The van der Waals surface area contributed by atoms with Crippen molar-refractivity contribution in [3.05, 3.63) is 5.82 Å². The third-order valence-electron chi connectivity index (χ3n) is 2.40. The summed E-state index contributed by atoms with van der Waals surface area (Å²) in [6.07, 6.45) is 3.30. The van der Waals surface area contributed by atoms with Crippen LogP contribution in [0.3, 0.4) is 0 Å². The number of ether oxygens (including phenoxy) is 1. The lowest BCUT2D eigenvalue weighted by Crippen LogP contribution is -2.09. The molecule has 0 unspecified atom stereocenters. The Kier molecular flexibility index (Phi) is 7.23. The number of unbranched alkanes of at least 4 members (excludes halogenated alkanes) is 1. The van der Waals surface area contributed by atoms with Gasteiger partial charge in [-0.05, 0) is 19.3 Å². The molecule has 0 aliphatic heterocycles. The summed E-state index contributed by atoms with van der Waals surface area (Å²) in [6.45, 7) is 4.38. The zero-order valence-corrected chi connectivity index (χ0v) is 11.5. The van der Waals surface area contributed by atoms with E-state index in [1.54, 1.807) is 18.9 Å². The van der Waals surface area contributed by atoms with Gasteiger partial charge in [0.25, 0.3) is 0 Å². The third kappa shape index (κ3) is 4.65. The second-order valence-electron chi connectivity index (χ2n) is 3.80. The van der Waals surface area contributed by atoms with Crippen LogP contribution in [0.25, 0.3) is 0 Å². The fraction of sp³-hybridized carbons (Fsp3) is 0.818. The van der Waals surface area contributed by atoms with Crippen LogP contribution in [0.5, 0.6) is 0 Å². The molecule has 1 heterocycles. The number of aromatic nitrogens is 3. The van der Waals surface area contributed by atoms with Crippen LogP contribution in [0.4, 0.5) is 0 Å². The molecule has 1 aromatic rings. The van der Waals surface area contributed by atoms with Crippen LogP contribution < -0.4 is 5.73 Å². The van der Waals surface area contributed by atoms with Gasteiger partial charge in [0.2, 0.25) is 0 Å². The van der Waals surface area contributed by atoms with Crippen LogP contribution in [-0.2, 0) is 17.8 Å². The molecule has 0 radical (unpaired) electrons. The quantitative estimate of drug-likeness (QED) is 0.539. The number of rotatable bonds is 9. The molecule has 0 saturated carbocycles. The van der Waals surface area contributed by atoms with Crippen molar-refractivity contribution in [1.82, 2.24) is 14.8 Å². The normalized spacial score (nSPS) is 11.0. The molecule has 0 aromatic carbocycles. The molecule has 0 atom stereocenters. The van der Waals surface area contributed by atoms with E-state index in [1.165, 1.54) is 0 Å². The minimum absolute atomic E-state index is 0.456. The Hall–Kier alpha value is -0.590. The molecule has 6 heteroatoms. The van der Waals surface area contributed by atoms with Gasteiger partial charge >= 0.3 is 0 Å². The first-order valence-electron chi connectivity index (χ1n) is 6.07. The highest BCUT2D eigenvalue weighted by atomic mass is 32.2. The van der Waals surface area contributed by atoms with Crippen LogP contribution >= 0.6 is 11.8 Å². The lowest BCUT2D eigenvalue weighted by molar-refractivity contribution is 0.194. The molecule has 1 aromatic heterocycles. The summed E-state index contributed by atoms with van der Waals surface area (Å²) in [6, 6.07) is 0. The molecule has 17 heavy (non-hydrogen) atoms. The minimum Gasteiger partial charge on any atom is -0.385 e. The van der Waals surface area contributed by atoms with E-state index in [-0.39, 0.29) is 0 Å². The first kappa shape index (κ1) is 14.5. The zero-order valence-electron chi connectivity index (χ0n) is 10.7. The summed E-state index contributed by atoms with van der Waals surface area (Å²) in [7, 11) is 1.73. The van der Waals surface area contributed by atoms with Gasteiger partial charge < -0.3 is 15.0 Å². The van der Waals surface area contributed by atoms with Crippen molar-refractivity contribution in [2.24, 2.45) is 5.73 Å². The van der Waals surface area contributed by atoms with Crippen LogP contribution in [0.2, 0.25) is 0 Å². The van der Waals surface area contributed by atoms with Crippen LogP contribution in [0.15, 0.2) is 5.16 Å². The molecule has 0 bridgehead atoms. The fourth-order valence-electron chi connectivity index (χ4n) is 1.54. The van der Waals surface area contributed by atoms with Gasteiger partial charge in [-0.1, -0.05) is 18.7 Å². The Morgan fingerprint density at radius 1 is 1.35 bits per heavy atom. The van der Waals surface area contributed by atoms with E-state index < -0.39 is 0 Å². The molecule has 2 N–H and O–H groups in total. The second kappa shape index (κ2) is 8.49. The predicted molar refractivity (Wildman–Crippen MR) is 70.0 cm³/mol. The molecule has 1 rings (SSSR count). The molecule has 0 spiro atoms. The van der Waals surface area contributed by atoms with Crippen molar-refractivity contribution >= 4 is 11.8 Å². The van der Waals surface area contributed by atoms with Crippen LogP contribution in [0.1, 0.15) is 32.0 Å². The lowest BCUT2D eigenvalue weighted by atomic mass is 10.4. The first-order valence-corrected chi connectivity index (χ1v) is 7.05. The van der Waals surface area contributed by atoms with Crippen LogP contribution in [0, 0.1) is 0 Å². The summed E-state index contributed by atoms with van der Waals surface area (Å²) < 4.78 is 7.14. The van der Waals surface area contributed by atoms with Gasteiger partial charge in [-0.3, -0.25) is 0 Å². The Labute approximate surface area is 107 Å². The summed E-state index contributed by atoms with van der Waals surface area (Å²) in [5.74, 6) is 1.93. The van der Waals surface area contributed by atoms with Crippen molar-refractivity contribution in [2.45, 2.75) is 44.4 Å². The first-order chi connectivity index (χ1) is 8.33. The molecule has 0 aliphatic carbocycles. The van der Waals surface area contributed by atoms with E-state index in [2.05, 4.69) is 21.7 Å². The van der Waals surface area contributed by atoms with Crippen molar-refractivity contribution in [3.8, 4) is 0 Å². The summed E-state index contributed by atoms with van der Waals surface area (Å²) in [4.78, 5) is 0. The second-order valence-corrected chi connectivity index (χ2v) is 4.87. The van der Waals surface area contributed by atoms with Gasteiger partial charge in [-0.2, -0.15) is 0 Å². The molecule has 98 valence electrons. The van der Waals surface area contributed by atoms with Crippen molar-refractivity contribution in [1.29, 1.82) is 0 Å². The molecule has 0 aliphatic rings. The molecule has 0 fully saturated rings. The van der Waals surface area contributed by atoms with Gasteiger partial charge in [0, 0.05) is 26.0 Å². The van der Waals surface area contributed by atoms with Gasteiger partial charge in [0.1, 0.15) is 5.82 Å². The van der Waals surface area contributed by atoms with E-state index in [1.807, 2.05) is 0 Å². The number of nitrogens with two attached hydrogens (primary N) is 1. The summed E-state index contributed by atoms with van der Waals surface area (Å²) in [5, 5.41) is 9.29. The average Bonchev–Trinajstić information content (AvgIpc) is 2.72. The Morgan fingerprint density at radius 2 is 2.18 bits per heavy atom. The lowest BCUT2D eigenvalue weighted by Gasteiger charge is -2.07.